The zero-order valence-electron chi connectivity index (χ0n) is 7.99. The number of hydrogen-bond acceptors (Lipinski definition) is 1. The van der Waals surface area contributed by atoms with E-state index in [2.05, 4.69) is 25.7 Å². The molecule has 2 atom stereocenters. The van der Waals surface area contributed by atoms with Gasteiger partial charge in [0.25, 0.3) is 0 Å². The van der Waals surface area contributed by atoms with Crippen LogP contribution in [-0.2, 0) is 4.74 Å². The smallest absolute Gasteiger partial charge is 0.0864 e. The van der Waals surface area contributed by atoms with Crippen LogP contribution in [0, 0.1) is 18.3 Å². The van der Waals surface area contributed by atoms with Crippen LogP contribution in [0.3, 0.4) is 0 Å². The van der Waals surface area contributed by atoms with Crippen LogP contribution in [0.15, 0.2) is 37.8 Å². The Kier molecular flexibility index (Phi) is 4.37. The maximum absolute atomic E-state index is 4.95. The summed E-state index contributed by atoms with van der Waals surface area (Å²) in [6.45, 7) is 7.29. The normalized spacial score (nSPS) is 28.6. The van der Waals surface area contributed by atoms with Gasteiger partial charge in [0.2, 0.25) is 0 Å². The molecule has 0 aromatic rings. The molecule has 0 spiro atoms. The quantitative estimate of drug-likeness (QED) is 0.472. The average Bonchev–Trinajstić information content (AvgIpc) is 2.19. The molecular formula is C12H17O. The Morgan fingerprint density at radius 3 is 2.92 bits per heavy atom. The van der Waals surface area contributed by atoms with E-state index in [0.29, 0.717) is 11.8 Å². The molecule has 0 aromatic heterocycles. The van der Waals surface area contributed by atoms with Gasteiger partial charge in [-0.3, -0.25) is 0 Å². The van der Waals surface area contributed by atoms with Gasteiger partial charge in [0.1, 0.15) is 0 Å². The molecule has 0 amide bonds. The Morgan fingerprint density at radius 2 is 2.23 bits per heavy atom. The zero-order chi connectivity index (χ0) is 9.52. The van der Waals surface area contributed by atoms with Gasteiger partial charge in [0.05, 0.1) is 12.5 Å². The molecule has 2 unspecified atom stereocenters. The van der Waals surface area contributed by atoms with Crippen molar-refractivity contribution in [1.82, 2.24) is 0 Å². The van der Waals surface area contributed by atoms with Crippen molar-refractivity contribution in [2.24, 2.45) is 11.8 Å². The molecule has 1 radical (unpaired) electrons. The van der Waals surface area contributed by atoms with E-state index in [4.69, 9.17) is 4.74 Å². The summed E-state index contributed by atoms with van der Waals surface area (Å²) in [6.07, 6.45) is 13.2. The molecule has 1 saturated carbocycles. The molecule has 1 aliphatic carbocycles. The van der Waals surface area contributed by atoms with Crippen LogP contribution >= 0.6 is 0 Å². The fourth-order valence-electron chi connectivity index (χ4n) is 1.67. The Balaban J connectivity index is 2.33. The van der Waals surface area contributed by atoms with Crippen LogP contribution in [0.2, 0.25) is 0 Å². The van der Waals surface area contributed by atoms with Gasteiger partial charge in [0, 0.05) is 0 Å². The van der Waals surface area contributed by atoms with E-state index < -0.39 is 0 Å². The van der Waals surface area contributed by atoms with Crippen molar-refractivity contribution in [3.63, 3.8) is 0 Å². The topological polar surface area (TPSA) is 9.23 Å². The first-order valence-corrected chi connectivity index (χ1v) is 4.75. The van der Waals surface area contributed by atoms with Gasteiger partial charge in [-0.15, -0.1) is 6.58 Å². The lowest BCUT2D eigenvalue weighted by Gasteiger charge is -2.24. The Morgan fingerprint density at radius 1 is 1.38 bits per heavy atom. The van der Waals surface area contributed by atoms with E-state index in [-0.39, 0.29) is 0 Å². The average molecular weight is 177 g/mol. The van der Waals surface area contributed by atoms with Crippen LogP contribution in [0.25, 0.3) is 0 Å². The lowest BCUT2D eigenvalue weighted by Crippen LogP contribution is -2.12. The first kappa shape index (κ1) is 10.1. The molecule has 0 heterocycles. The molecule has 1 nitrogen and oxygen atoms in total. The van der Waals surface area contributed by atoms with E-state index in [1.54, 1.807) is 6.26 Å². The lowest BCUT2D eigenvalue weighted by atomic mass is 9.81. The van der Waals surface area contributed by atoms with Gasteiger partial charge in [-0.05, 0) is 43.6 Å². The van der Waals surface area contributed by atoms with E-state index in [1.807, 2.05) is 6.08 Å². The molecule has 1 aliphatic rings. The van der Waals surface area contributed by atoms with Gasteiger partial charge in [-0.2, -0.15) is 0 Å². The minimum absolute atomic E-state index is 0.576. The molecule has 1 rings (SSSR count). The predicted octanol–water partition coefficient (Wildman–Crippen LogP) is 3.47. The Bertz CT molecular complexity index is 193. The summed E-state index contributed by atoms with van der Waals surface area (Å²) < 4.78 is 4.95. The Labute approximate surface area is 80.8 Å². The van der Waals surface area contributed by atoms with Crippen molar-refractivity contribution in [2.45, 2.75) is 19.3 Å². The van der Waals surface area contributed by atoms with Gasteiger partial charge >= 0.3 is 0 Å². The third-order valence-corrected chi connectivity index (χ3v) is 2.41. The molecule has 0 N–H and O–H groups in total. The molecule has 0 saturated heterocycles. The third kappa shape index (κ3) is 3.49. The minimum Gasteiger partial charge on any atom is -0.474 e. The number of allylic oxidation sites excluding steroid dienone is 2. The summed E-state index contributed by atoms with van der Waals surface area (Å²) in [4.78, 5) is 0. The van der Waals surface area contributed by atoms with Crippen molar-refractivity contribution in [3.05, 3.63) is 44.3 Å². The van der Waals surface area contributed by atoms with Crippen molar-refractivity contribution in [3.8, 4) is 0 Å². The second-order valence-electron chi connectivity index (χ2n) is 3.34. The molecule has 71 valence electrons. The van der Waals surface area contributed by atoms with E-state index in [1.165, 1.54) is 25.5 Å². The van der Waals surface area contributed by atoms with Crippen LogP contribution in [-0.4, -0.2) is 0 Å². The second kappa shape index (κ2) is 5.63. The van der Waals surface area contributed by atoms with Crippen LogP contribution < -0.4 is 0 Å². The van der Waals surface area contributed by atoms with Crippen LogP contribution in [0.5, 0.6) is 0 Å². The van der Waals surface area contributed by atoms with Crippen molar-refractivity contribution in [2.75, 3.05) is 0 Å². The summed E-state index contributed by atoms with van der Waals surface area (Å²) in [5.74, 6) is 1.21. The summed E-state index contributed by atoms with van der Waals surface area (Å²) in [5.41, 5.74) is 0. The number of hydrogen-bond donors (Lipinski definition) is 0. The van der Waals surface area contributed by atoms with E-state index >= 15 is 0 Å². The van der Waals surface area contributed by atoms with Crippen LogP contribution in [0.1, 0.15) is 19.3 Å². The highest BCUT2D eigenvalue weighted by atomic mass is 16.5. The summed E-state index contributed by atoms with van der Waals surface area (Å²) in [7, 11) is 0. The summed E-state index contributed by atoms with van der Waals surface area (Å²) in [6, 6.07) is 0. The number of rotatable bonds is 4. The summed E-state index contributed by atoms with van der Waals surface area (Å²) in [5, 5.41) is 0. The lowest BCUT2D eigenvalue weighted by molar-refractivity contribution is 0.379. The predicted molar refractivity (Wildman–Crippen MR) is 55.8 cm³/mol. The van der Waals surface area contributed by atoms with E-state index in [9.17, 15) is 0 Å². The van der Waals surface area contributed by atoms with Gasteiger partial charge in [-0.25, -0.2) is 0 Å². The molecule has 0 aliphatic heterocycles. The standard InChI is InChI=1S/C12H17O/c1-3-11-6-5-7-12(10-11)8-9-13-4-2/h3-4,6,8-9,11-12H,1-2,5,7,10H2. The molecule has 13 heavy (non-hydrogen) atoms. The highest BCUT2D eigenvalue weighted by molar-refractivity contribution is 4.99. The highest BCUT2D eigenvalue weighted by Gasteiger charge is 2.17. The molecule has 1 heteroatoms. The first-order chi connectivity index (χ1) is 6.36. The summed E-state index contributed by atoms with van der Waals surface area (Å²) >= 11 is 0. The van der Waals surface area contributed by atoms with Crippen molar-refractivity contribution in [1.29, 1.82) is 0 Å². The molecular weight excluding hydrogens is 160 g/mol. The fourth-order valence-corrected chi connectivity index (χ4v) is 1.67. The zero-order valence-corrected chi connectivity index (χ0v) is 7.99. The Hall–Kier alpha value is -0.980. The molecule has 1 fully saturated rings. The van der Waals surface area contributed by atoms with Crippen molar-refractivity contribution < 1.29 is 4.74 Å². The van der Waals surface area contributed by atoms with E-state index in [0.717, 1.165) is 0 Å². The van der Waals surface area contributed by atoms with Gasteiger partial charge in [0.15, 0.2) is 0 Å². The maximum atomic E-state index is 4.95. The molecule has 0 aromatic carbocycles. The highest BCUT2D eigenvalue weighted by Crippen LogP contribution is 2.29. The van der Waals surface area contributed by atoms with Gasteiger partial charge < -0.3 is 4.74 Å². The minimum atomic E-state index is 0.576. The maximum Gasteiger partial charge on any atom is 0.0864 e. The first-order valence-electron chi connectivity index (χ1n) is 4.75. The fraction of sp³-hybridized carbons (Fsp3) is 0.417. The largest absolute Gasteiger partial charge is 0.474 e. The number of ether oxygens (including phenoxy) is 1. The van der Waals surface area contributed by atoms with Crippen molar-refractivity contribution >= 4 is 0 Å². The second-order valence-corrected chi connectivity index (χ2v) is 3.34. The third-order valence-electron chi connectivity index (χ3n) is 2.41. The van der Waals surface area contributed by atoms with Gasteiger partial charge in [-0.1, -0.05) is 12.7 Å². The monoisotopic (exact) mass is 177 g/mol. The van der Waals surface area contributed by atoms with Crippen LogP contribution in [0.4, 0.5) is 0 Å². The molecule has 0 bridgehead atoms. The SMILES string of the molecule is C=COC=CC1CC[CH]C(C=C)C1.